The highest BCUT2D eigenvalue weighted by atomic mass is 32.1. The minimum atomic E-state index is -0.431. The molecule has 0 unspecified atom stereocenters. The summed E-state index contributed by atoms with van der Waals surface area (Å²) >= 11 is 1.38. The van der Waals surface area contributed by atoms with Crippen LogP contribution < -0.4 is 5.32 Å². The molecular weight excluding hydrogens is 352 g/mol. The van der Waals surface area contributed by atoms with Gasteiger partial charge in [0.25, 0.3) is 5.91 Å². The second-order valence-corrected chi connectivity index (χ2v) is 6.56. The van der Waals surface area contributed by atoms with E-state index in [0.29, 0.717) is 21.9 Å². The van der Waals surface area contributed by atoms with E-state index < -0.39 is 5.97 Å². The van der Waals surface area contributed by atoms with E-state index in [1.165, 1.54) is 17.7 Å². The molecule has 1 N–H and O–H groups in total. The van der Waals surface area contributed by atoms with Gasteiger partial charge in [-0.05, 0) is 31.5 Å². The van der Waals surface area contributed by atoms with E-state index >= 15 is 0 Å². The number of oxazole rings is 1. The minimum absolute atomic E-state index is 0.284. The number of amides is 1. The summed E-state index contributed by atoms with van der Waals surface area (Å²) in [6.45, 7) is 4.03. The predicted octanol–water partition coefficient (Wildman–Crippen LogP) is 4.39. The Balaban J connectivity index is 1.79. The standard InChI is InChI=1S/C19H18N2O4S/c1-3-14-9-15(19(23)24-4-2)18(26-14)21-17(22)13-7-5-12(6-8-13)16-10-20-11-25-16/h5-11H,3-4H2,1-2H3,(H,21,22). The van der Waals surface area contributed by atoms with Crippen LogP contribution in [-0.2, 0) is 11.2 Å². The smallest absolute Gasteiger partial charge is 0.341 e. The summed E-state index contributed by atoms with van der Waals surface area (Å²) in [5, 5.41) is 3.32. The second kappa shape index (κ2) is 7.97. The summed E-state index contributed by atoms with van der Waals surface area (Å²) in [5.41, 5.74) is 1.70. The van der Waals surface area contributed by atoms with E-state index in [4.69, 9.17) is 9.15 Å². The zero-order valence-electron chi connectivity index (χ0n) is 14.4. The Morgan fingerprint density at radius 3 is 2.62 bits per heavy atom. The molecule has 2 aromatic heterocycles. The highest BCUT2D eigenvalue weighted by Crippen LogP contribution is 2.30. The lowest BCUT2D eigenvalue weighted by Gasteiger charge is -2.06. The normalized spacial score (nSPS) is 10.5. The number of ether oxygens (including phenoxy) is 1. The molecule has 3 rings (SSSR count). The Hall–Kier alpha value is -2.93. The maximum absolute atomic E-state index is 12.5. The van der Waals surface area contributed by atoms with Gasteiger partial charge in [0.2, 0.25) is 0 Å². The van der Waals surface area contributed by atoms with Crippen LogP contribution in [0.5, 0.6) is 0 Å². The van der Waals surface area contributed by atoms with Gasteiger partial charge in [0.15, 0.2) is 12.2 Å². The highest BCUT2D eigenvalue weighted by Gasteiger charge is 2.19. The quantitative estimate of drug-likeness (QED) is 0.651. The molecule has 134 valence electrons. The number of carbonyl (C=O) groups excluding carboxylic acids is 2. The molecule has 7 heteroatoms. The number of benzene rings is 1. The Kier molecular flexibility index (Phi) is 5.48. The molecule has 0 radical (unpaired) electrons. The zero-order valence-corrected chi connectivity index (χ0v) is 15.3. The van der Waals surface area contributed by atoms with E-state index in [2.05, 4.69) is 10.3 Å². The van der Waals surface area contributed by atoms with Gasteiger partial charge in [0.05, 0.1) is 18.4 Å². The zero-order chi connectivity index (χ0) is 18.5. The number of hydrogen-bond donors (Lipinski definition) is 1. The van der Waals surface area contributed by atoms with Crippen molar-refractivity contribution in [3.63, 3.8) is 0 Å². The third-order valence-electron chi connectivity index (χ3n) is 3.72. The van der Waals surface area contributed by atoms with Gasteiger partial charge in [0.1, 0.15) is 5.00 Å². The van der Waals surface area contributed by atoms with Crippen molar-refractivity contribution in [2.45, 2.75) is 20.3 Å². The van der Waals surface area contributed by atoms with Gasteiger partial charge in [-0.3, -0.25) is 4.79 Å². The summed E-state index contributed by atoms with van der Waals surface area (Å²) in [7, 11) is 0. The summed E-state index contributed by atoms with van der Waals surface area (Å²) < 4.78 is 10.3. The Morgan fingerprint density at radius 1 is 1.23 bits per heavy atom. The molecular formula is C19H18N2O4S. The average molecular weight is 370 g/mol. The van der Waals surface area contributed by atoms with E-state index in [1.807, 2.05) is 6.92 Å². The minimum Gasteiger partial charge on any atom is -0.462 e. The maximum atomic E-state index is 12.5. The first-order valence-electron chi connectivity index (χ1n) is 8.22. The number of nitrogens with one attached hydrogen (secondary N) is 1. The van der Waals surface area contributed by atoms with Gasteiger partial charge in [-0.2, -0.15) is 0 Å². The Labute approximate surface area is 154 Å². The maximum Gasteiger partial charge on any atom is 0.341 e. The molecule has 26 heavy (non-hydrogen) atoms. The van der Waals surface area contributed by atoms with E-state index in [-0.39, 0.29) is 12.5 Å². The molecule has 1 amide bonds. The summed E-state index contributed by atoms with van der Waals surface area (Å²) in [6.07, 6.45) is 3.74. The predicted molar refractivity (Wildman–Crippen MR) is 99.5 cm³/mol. The third kappa shape index (κ3) is 3.83. The molecule has 0 aliphatic heterocycles. The Morgan fingerprint density at radius 2 is 2.00 bits per heavy atom. The van der Waals surface area contributed by atoms with Gasteiger partial charge in [-0.25, -0.2) is 9.78 Å². The van der Waals surface area contributed by atoms with Crippen molar-refractivity contribution in [1.29, 1.82) is 0 Å². The first kappa shape index (κ1) is 17.9. The lowest BCUT2D eigenvalue weighted by molar-refractivity contribution is 0.0528. The monoisotopic (exact) mass is 370 g/mol. The molecule has 0 bridgehead atoms. The van der Waals surface area contributed by atoms with Crippen molar-refractivity contribution in [1.82, 2.24) is 4.98 Å². The number of rotatable bonds is 6. The van der Waals surface area contributed by atoms with Gasteiger partial charge >= 0.3 is 5.97 Å². The first-order valence-corrected chi connectivity index (χ1v) is 9.04. The van der Waals surface area contributed by atoms with Crippen LogP contribution >= 0.6 is 11.3 Å². The molecule has 0 atom stereocenters. The van der Waals surface area contributed by atoms with Crippen LogP contribution in [0, 0.1) is 0 Å². The average Bonchev–Trinajstić information content (AvgIpc) is 3.32. The van der Waals surface area contributed by atoms with Gasteiger partial charge in [-0.1, -0.05) is 19.1 Å². The lowest BCUT2D eigenvalue weighted by Crippen LogP contribution is -2.14. The first-order chi connectivity index (χ1) is 12.6. The molecule has 3 aromatic rings. The van der Waals surface area contributed by atoms with Crippen molar-refractivity contribution < 1.29 is 18.7 Å². The molecule has 6 nitrogen and oxygen atoms in total. The number of aromatic nitrogens is 1. The van der Waals surface area contributed by atoms with E-state index in [0.717, 1.165) is 16.9 Å². The van der Waals surface area contributed by atoms with E-state index in [9.17, 15) is 9.59 Å². The van der Waals surface area contributed by atoms with Crippen LogP contribution in [0.1, 0.15) is 39.4 Å². The summed E-state index contributed by atoms with van der Waals surface area (Å²) in [5.74, 6) is -0.0870. The lowest BCUT2D eigenvalue weighted by atomic mass is 10.1. The van der Waals surface area contributed by atoms with Crippen LogP contribution in [0.3, 0.4) is 0 Å². The molecule has 0 fully saturated rings. The summed E-state index contributed by atoms with van der Waals surface area (Å²) in [4.78, 5) is 29.5. The fourth-order valence-corrected chi connectivity index (χ4v) is 3.37. The van der Waals surface area contributed by atoms with Crippen LogP contribution in [0.15, 0.2) is 47.3 Å². The van der Waals surface area contributed by atoms with Crippen LogP contribution in [-0.4, -0.2) is 23.5 Å². The number of hydrogen-bond acceptors (Lipinski definition) is 6. The van der Waals surface area contributed by atoms with Crippen molar-refractivity contribution in [2.75, 3.05) is 11.9 Å². The third-order valence-corrected chi connectivity index (χ3v) is 4.91. The number of anilines is 1. The van der Waals surface area contributed by atoms with Crippen LogP contribution in [0.25, 0.3) is 11.3 Å². The van der Waals surface area contributed by atoms with E-state index in [1.54, 1.807) is 43.5 Å². The number of thiophene rings is 1. The molecule has 2 heterocycles. The summed E-state index contributed by atoms with van der Waals surface area (Å²) in [6, 6.07) is 8.74. The number of aryl methyl sites for hydroxylation is 1. The number of carbonyl (C=O) groups is 2. The largest absolute Gasteiger partial charge is 0.462 e. The number of esters is 1. The molecule has 0 aliphatic carbocycles. The topological polar surface area (TPSA) is 81.4 Å². The molecule has 0 saturated heterocycles. The molecule has 0 spiro atoms. The van der Waals surface area contributed by atoms with Crippen molar-refractivity contribution in [3.8, 4) is 11.3 Å². The fourth-order valence-electron chi connectivity index (χ4n) is 2.39. The van der Waals surface area contributed by atoms with Crippen LogP contribution in [0.4, 0.5) is 5.00 Å². The van der Waals surface area contributed by atoms with Crippen LogP contribution in [0.2, 0.25) is 0 Å². The fraction of sp³-hybridized carbons (Fsp3) is 0.211. The van der Waals surface area contributed by atoms with Gasteiger partial charge in [-0.15, -0.1) is 11.3 Å². The Bertz CT molecular complexity index is 898. The van der Waals surface area contributed by atoms with Crippen molar-refractivity contribution in [3.05, 3.63) is 58.9 Å². The number of nitrogens with zero attached hydrogens (tertiary/aromatic N) is 1. The molecule has 0 aliphatic rings. The second-order valence-electron chi connectivity index (χ2n) is 5.43. The molecule has 0 saturated carbocycles. The SMILES string of the molecule is CCOC(=O)c1cc(CC)sc1NC(=O)c1ccc(-c2cnco2)cc1. The molecule has 1 aromatic carbocycles. The van der Waals surface area contributed by atoms with Crippen molar-refractivity contribution in [2.24, 2.45) is 0 Å². The van der Waals surface area contributed by atoms with Crippen molar-refractivity contribution >= 4 is 28.2 Å². The van der Waals surface area contributed by atoms with Gasteiger partial charge in [0, 0.05) is 16.0 Å². The highest BCUT2D eigenvalue weighted by molar-refractivity contribution is 7.16. The van der Waals surface area contributed by atoms with Gasteiger partial charge < -0.3 is 14.5 Å².